The Morgan fingerprint density at radius 3 is 2.71 bits per heavy atom. The molecule has 0 aliphatic carbocycles. The SMILES string of the molecule is CC(O)CNC(=O)c1cn2c(n1)[C@H](C)N=C(c1ncccc1F)c1c-2ccc(C(F)(F)F)c1Cl. The van der Waals surface area contributed by atoms with Crippen molar-refractivity contribution in [1.82, 2.24) is 19.9 Å². The third-order valence-corrected chi connectivity index (χ3v) is 5.52. The largest absolute Gasteiger partial charge is 0.417 e. The quantitative estimate of drug-likeness (QED) is 0.533. The van der Waals surface area contributed by atoms with E-state index in [0.717, 1.165) is 12.1 Å². The van der Waals surface area contributed by atoms with Crippen molar-refractivity contribution in [3.8, 4) is 5.69 Å². The maximum absolute atomic E-state index is 14.7. The van der Waals surface area contributed by atoms with Crippen LogP contribution in [0.2, 0.25) is 5.02 Å². The molecule has 0 saturated carbocycles. The molecule has 2 aromatic heterocycles. The Labute approximate surface area is 196 Å². The van der Waals surface area contributed by atoms with Crippen molar-refractivity contribution in [1.29, 1.82) is 0 Å². The first-order valence-electron chi connectivity index (χ1n) is 10.1. The van der Waals surface area contributed by atoms with Gasteiger partial charge in [-0.3, -0.25) is 14.8 Å². The summed E-state index contributed by atoms with van der Waals surface area (Å²) in [5, 5.41) is 11.2. The van der Waals surface area contributed by atoms with E-state index < -0.39 is 40.6 Å². The maximum atomic E-state index is 14.7. The van der Waals surface area contributed by atoms with Crippen molar-refractivity contribution in [3.05, 3.63) is 75.8 Å². The molecule has 0 saturated heterocycles. The smallest absolute Gasteiger partial charge is 0.392 e. The molecule has 0 radical (unpaired) electrons. The zero-order valence-electron chi connectivity index (χ0n) is 17.9. The molecule has 3 heterocycles. The number of carbonyl (C=O) groups excluding carboxylic acids is 1. The first-order chi connectivity index (χ1) is 16.0. The summed E-state index contributed by atoms with van der Waals surface area (Å²) in [6.45, 7) is 3.07. The van der Waals surface area contributed by atoms with E-state index in [2.05, 4.69) is 20.3 Å². The van der Waals surface area contributed by atoms with E-state index in [9.17, 15) is 27.5 Å². The lowest BCUT2D eigenvalue weighted by molar-refractivity contribution is -0.137. The second-order valence-electron chi connectivity index (χ2n) is 7.72. The lowest BCUT2D eigenvalue weighted by Crippen LogP contribution is -2.30. The van der Waals surface area contributed by atoms with Crippen LogP contribution < -0.4 is 5.32 Å². The first kappa shape index (κ1) is 23.8. The van der Waals surface area contributed by atoms with Crippen LogP contribution in [0.4, 0.5) is 17.6 Å². The van der Waals surface area contributed by atoms with Crippen molar-refractivity contribution >= 4 is 23.2 Å². The monoisotopic (exact) mass is 495 g/mol. The molecule has 2 atom stereocenters. The van der Waals surface area contributed by atoms with E-state index >= 15 is 0 Å². The highest BCUT2D eigenvalue weighted by molar-refractivity contribution is 6.37. The number of aliphatic imine (C=N–C) groups is 1. The van der Waals surface area contributed by atoms with Gasteiger partial charge in [0.1, 0.15) is 23.3 Å². The second-order valence-corrected chi connectivity index (χ2v) is 8.10. The number of carbonyl (C=O) groups is 1. The van der Waals surface area contributed by atoms with E-state index in [1.165, 1.54) is 36.0 Å². The number of benzene rings is 1. The van der Waals surface area contributed by atoms with E-state index in [4.69, 9.17) is 11.6 Å². The molecule has 2 N–H and O–H groups in total. The molecule has 4 rings (SSSR count). The highest BCUT2D eigenvalue weighted by atomic mass is 35.5. The number of aliphatic hydroxyl groups excluding tert-OH is 1. The van der Waals surface area contributed by atoms with E-state index in [-0.39, 0.29) is 40.7 Å². The van der Waals surface area contributed by atoms with Gasteiger partial charge in [0.25, 0.3) is 5.91 Å². The third-order valence-electron chi connectivity index (χ3n) is 5.12. The molecule has 1 aromatic carbocycles. The zero-order chi connectivity index (χ0) is 24.8. The summed E-state index contributed by atoms with van der Waals surface area (Å²) < 4.78 is 57.0. The van der Waals surface area contributed by atoms with Crippen LogP contribution in [0, 0.1) is 5.82 Å². The van der Waals surface area contributed by atoms with E-state index in [1.54, 1.807) is 6.92 Å². The van der Waals surface area contributed by atoms with Crippen LogP contribution in [0.1, 0.15) is 53.0 Å². The van der Waals surface area contributed by atoms with Crippen molar-refractivity contribution in [2.24, 2.45) is 4.99 Å². The van der Waals surface area contributed by atoms with Crippen molar-refractivity contribution in [2.45, 2.75) is 32.2 Å². The average molecular weight is 496 g/mol. The first-order valence-corrected chi connectivity index (χ1v) is 10.5. The predicted octanol–water partition coefficient (Wildman–Crippen LogP) is 4.10. The second kappa shape index (κ2) is 8.80. The van der Waals surface area contributed by atoms with Gasteiger partial charge in [-0.25, -0.2) is 9.37 Å². The fourth-order valence-corrected chi connectivity index (χ4v) is 3.95. The normalized spacial score (nSPS) is 16.2. The molecule has 1 aliphatic heterocycles. The van der Waals surface area contributed by atoms with Crippen LogP contribution in [-0.2, 0) is 6.18 Å². The number of imidazole rings is 1. The molecule has 0 fully saturated rings. The Kier molecular flexibility index (Phi) is 6.17. The lowest BCUT2D eigenvalue weighted by atomic mass is 10.00. The van der Waals surface area contributed by atoms with Gasteiger partial charge in [0.05, 0.1) is 28.1 Å². The van der Waals surface area contributed by atoms with Gasteiger partial charge < -0.3 is 15.0 Å². The molecule has 1 amide bonds. The zero-order valence-corrected chi connectivity index (χ0v) is 18.6. The molecule has 12 heteroatoms. The third kappa shape index (κ3) is 4.28. The van der Waals surface area contributed by atoms with Crippen LogP contribution in [0.3, 0.4) is 0 Å². The molecule has 0 spiro atoms. The van der Waals surface area contributed by atoms with Crippen molar-refractivity contribution in [2.75, 3.05) is 6.54 Å². The van der Waals surface area contributed by atoms with Crippen LogP contribution >= 0.6 is 11.6 Å². The highest BCUT2D eigenvalue weighted by Crippen LogP contribution is 2.41. The number of halogens is 5. The molecular weight excluding hydrogens is 478 g/mol. The number of aliphatic hydroxyl groups is 1. The van der Waals surface area contributed by atoms with Crippen LogP contribution in [0.5, 0.6) is 0 Å². The van der Waals surface area contributed by atoms with Gasteiger partial charge in [-0.15, -0.1) is 0 Å². The Hall–Kier alpha value is -3.31. The van der Waals surface area contributed by atoms with Crippen molar-refractivity contribution < 1.29 is 27.5 Å². The fraction of sp³-hybridized carbons (Fsp3) is 0.273. The average Bonchev–Trinajstić information content (AvgIpc) is 3.16. The minimum Gasteiger partial charge on any atom is -0.392 e. The Morgan fingerprint density at radius 1 is 1.32 bits per heavy atom. The van der Waals surface area contributed by atoms with E-state index in [0.29, 0.717) is 0 Å². The van der Waals surface area contributed by atoms with Gasteiger partial charge in [-0.1, -0.05) is 11.6 Å². The Balaban J connectivity index is 1.96. The standard InChI is InChI=1S/C22H18ClF4N5O2/c1-10(33)8-29-21(34)14-9-32-15-6-5-12(22(25,26)27)17(23)16(15)19(30-11(2)20(32)31-14)18-13(24)4-3-7-28-18/h3-7,9-11,33H,8H2,1-2H3,(H,29,34)/t10?,11-/m0/s1. The summed E-state index contributed by atoms with van der Waals surface area (Å²) in [6.07, 6.45) is -2.94. The molecule has 0 bridgehead atoms. The van der Waals surface area contributed by atoms with Gasteiger partial charge in [-0.05, 0) is 38.1 Å². The number of nitrogens with zero attached hydrogens (tertiary/aromatic N) is 4. The molecule has 34 heavy (non-hydrogen) atoms. The summed E-state index contributed by atoms with van der Waals surface area (Å²) in [6, 6.07) is 3.64. The van der Waals surface area contributed by atoms with Crippen LogP contribution in [0.25, 0.3) is 5.69 Å². The molecule has 1 unspecified atom stereocenters. The number of rotatable bonds is 4. The maximum Gasteiger partial charge on any atom is 0.417 e. The number of amides is 1. The highest BCUT2D eigenvalue weighted by Gasteiger charge is 2.38. The summed E-state index contributed by atoms with van der Waals surface area (Å²) in [4.78, 5) is 25.2. The molecule has 7 nitrogen and oxygen atoms in total. The van der Waals surface area contributed by atoms with Gasteiger partial charge in [0.15, 0.2) is 5.82 Å². The topological polar surface area (TPSA) is 92.4 Å². The fourth-order valence-electron chi connectivity index (χ4n) is 3.59. The van der Waals surface area contributed by atoms with Crippen molar-refractivity contribution in [3.63, 3.8) is 0 Å². The molecule has 3 aromatic rings. The van der Waals surface area contributed by atoms with Crippen LogP contribution in [0.15, 0.2) is 41.7 Å². The molecular formula is C22H18ClF4N5O2. The summed E-state index contributed by atoms with van der Waals surface area (Å²) in [5.74, 6) is -1.15. The summed E-state index contributed by atoms with van der Waals surface area (Å²) in [7, 11) is 0. The summed E-state index contributed by atoms with van der Waals surface area (Å²) >= 11 is 6.26. The van der Waals surface area contributed by atoms with E-state index in [1.807, 2.05) is 0 Å². The molecule has 178 valence electrons. The van der Waals surface area contributed by atoms with Gasteiger partial charge >= 0.3 is 6.18 Å². The van der Waals surface area contributed by atoms with Gasteiger partial charge in [0, 0.05) is 24.5 Å². The number of fused-ring (bicyclic) bond motifs is 3. The Bertz CT molecular complexity index is 1300. The number of aromatic nitrogens is 3. The number of pyridine rings is 1. The van der Waals surface area contributed by atoms with Gasteiger partial charge in [0.2, 0.25) is 0 Å². The summed E-state index contributed by atoms with van der Waals surface area (Å²) in [5.41, 5.74) is -1.65. The lowest BCUT2D eigenvalue weighted by Gasteiger charge is -2.17. The number of hydrogen-bond donors (Lipinski definition) is 2. The number of nitrogens with one attached hydrogen (secondary N) is 1. The number of alkyl halides is 3. The Morgan fingerprint density at radius 2 is 2.06 bits per heavy atom. The molecule has 1 aliphatic rings. The van der Waals surface area contributed by atoms with Gasteiger partial charge in [-0.2, -0.15) is 13.2 Å². The minimum absolute atomic E-state index is 0.0187. The van der Waals surface area contributed by atoms with Crippen LogP contribution in [-0.4, -0.2) is 43.9 Å². The minimum atomic E-state index is -4.78. The predicted molar refractivity (Wildman–Crippen MR) is 116 cm³/mol. The number of hydrogen-bond acceptors (Lipinski definition) is 5.